The minimum Gasteiger partial charge on any atom is -0.508 e. The van der Waals surface area contributed by atoms with Crippen LogP contribution in [0.3, 0.4) is 0 Å². The molecule has 0 amide bonds. The van der Waals surface area contributed by atoms with E-state index in [2.05, 4.69) is 32.0 Å². The number of benzene rings is 2. The molecular formula is C25H26O3. The molecule has 0 unspecified atom stereocenters. The van der Waals surface area contributed by atoms with Crippen molar-refractivity contribution in [1.82, 2.24) is 0 Å². The van der Waals surface area contributed by atoms with E-state index in [1.165, 1.54) is 24.0 Å². The highest BCUT2D eigenvalue weighted by Crippen LogP contribution is 2.39. The second-order valence-corrected chi connectivity index (χ2v) is 7.94. The van der Waals surface area contributed by atoms with E-state index in [1.54, 1.807) is 24.5 Å². The number of furan rings is 1. The molecule has 0 bridgehead atoms. The Morgan fingerprint density at radius 3 is 2.57 bits per heavy atom. The summed E-state index contributed by atoms with van der Waals surface area (Å²) in [5.74, 6) is 1.29. The van der Waals surface area contributed by atoms with E-state index in [4.69, 9.17) is 4.42 Å². The van der Waals surface area contributed by atoms with Gasteiger partial charge in [-0.2, -0.15) is 0 Å². The first kappa shape index (κ1) is 18.5. The maximum absolute atomic E-state index is 13.2. The molecule has 1 aromatic heterocycles. The molecule has 0 radical (unpaired) electrons. The lowest BCUT2D eigenvalue weighted by atomic mass is 9.92. The fourth-order valence-corrected chi connectivity index (χ4v) is 4.19. The highest BCUT2D eigenvalue weighted by atomic mass is 16.3. The van der Waals surface area contributed by atoms with Crippen LogP contribution in [0.1, 0.15) is 75.5 Å². The average Bonchev–Trinajstić information content (AvgIpc) is 3.37. The molecule has 1 aliphatic rings. The summed E-state index contributed by atoms with van der Waals surface area (Å²) >= 11 is 0. The molecule has 1 heterocycles. The van der Waals surface area contributed by atoms with E-state index in [1.807, 2.05) is 6.07 Å². The Hall–Kier alpha value is -2.81. The van der Waals surface area contributed by atoms with Gasteiger partial charge in [-0.05, 0) is 79.1 Å². The molecule has 144 valence electrons. The fraction of sp³-hybridized carbons (Fsp3) is 0.320. The lowest BCUT2D eigenvalue weighted by Crippen LogP contribution is -2.05. The van der Waals surface area contributed by atoms with Gasteiger partial charge in [-0.15, -0.1) is 0 Å². The molecule has 0 spiro atoms. The molecule has 1 N–H and O–H groups in total. The van der Waals surface area contributed by atoms with Gasteiger partial charge in [-0.3, -0.25) is 4.79 Å². The Labute approximate surface area is 166 Å². The molecule has 4 rings (SSSR count). The van der Waals surface area contributed by atoms with E-state index >= 15 is 0 Å². The number of phenols is 1. The van der Waals surface area contributed by atoms with Crippen LogP contribution in [0.15, 0.2) is 53.1 Å². The largest absolute Gasteiger partial charge is 0.508 e. The van der Waals surface area contributed by atoms with Crippen LogP contribution >= 0.6 is 0 Å². The summed E-state index contributed by atoms with van der Waals surface area (Å²) in [6.45, 7) is 4.18. The SMILES string of the molecule is Cc1ccc(Cc2occc2C(=O)c2ccc(O)c(C3CCCC3)c2)cc1C. The molecule has 1 saturated carbocycles. The summed E-state index contributed by atoms with van der Waals surface area (Å²) in [5, 5.41) is 10.3. The van der Waals surface area contributed by atoms with E-state index in [-0.39, 0.29) is 5.78 Å². The van der Waals surface area contributed by atoms with Crippen molar-refractivity contribution in [3.8, 4) is 5.75 Å². The molecule has 0 saturated heterocycles. The van der Waals surface area contributed by atoms with Crippen molar-refractivity contribution < 1.29 is 14.3 Å². The Bertz CT molecular complexity index is 1010. The van der Waals surface area contributed by atoms with Crippen molar-refractivity contribution >= 4 is 5.78 Å². The molecule has 3 aromatic rings. The standard InChI is InChI=1S/C25H26O3/c1-16-7-8-18(13-17(16)2)14-24-21(11-12-28-24)25(27)20-9-10-23(26)22(15-20)19-5-3-4-6-19/h7-13,15,19,26H,3-6,14H2,1-2H3. The van der Waals surface area contributed by atoms with Crippen LogP contribution in [0.25, 0.3) is 0 Å². The third-order valence-corrected chi connectivity index (χ3v) is 6.01. The zero-order valence-electron chi connectivity index (χ0n) is 16.5. The fourth-order valence-electron chi connectivity index (χ4n) is 4.19. The highest BCUT2D eigenvalue weighted by molar-refractivity contribution is 6.09. The van der Waals surface area contributed by atoms with Crippen LogP contribution in [0.2, 0.25) is 0 Å². The molecule has 28 heavy (non-hydrogen) atoms. The minimum absolute atomic E-state index is 0.0492. The van der Waals surface area contributed by atoms with Crippen LogP contribution in [0.5, 0.6) is 5.75 Å². The normalized spacial score (nSPS) is 14.5. The third kappa shape index (κ3) is 3.62. The molecule has 0 atom stereocenters. The second kappa shape index (κ2) is 7.67. The Kier molecular flexibility index (Phi) is 5.08. The van der Waals surface area contributed by atoms with Gasteiger partial charge < -0.3 is 9.52 Å². The maximum atomic E-state index is 13.2. The van der Waals surface area contributed by atoms with Gasteiger partial charge in [0, 0.05) is 12.0 Å². The number of aryl methyl sites for hydroxylation is 2. The number of ketones is 1. The first-order valence-corrected chi connectivity index (χ1v) is 10.0. The molecule has 1 fully saturated rings. The molecule has 0 aliphatic heterocycles. The van der Waals surface area contributed by atoms with Gasteiger partial charge in [0.1, 0.15) is 11.5 Å². The summed E-state index contributed by atoms with van der Waals surface area (Å²) in [6.07, 6.45) is 6.70. The Balaban J connectivity index is 1.62. The first-order valence-electron chi connectivity index (χ1n) is 10.0. The zero-order valence-corrected chi connectivity index (χ0v) is 16.5. The number of phenolic OH excluding ortho intramolecular Hbond substituents is 1. The van der Waals surface area contributed by atoms with Crippen LogP contribution in [0.4, 0.5) is 0 Å². The Morgan fingerprint density at radius 2 is 1.82 bits per heavy atom. The predicted molar refractivity (Wildman–Crippen MR) is 110 cm³/mol. The third-order valence-electron chi connectivity index (χ3n) is 6.01. The van der Waals surface area contributed by atoms with Crippen molar-refractivity contribution in [2.24, 2.45) is 0 Å². The lowest BCUT2D eigenvalue weighted by molar-refractivity contribution is 0.103. The van der Waals surface area contributed by atoms with Gasteiger partial charge in [-0.1, -0.05) is 31.0 Å². The van der Waals surface area contributed by atoms with Crippen molar-refractivity contribution in [1.29, 1.82) is 0 Å². The van der Waals surface area contributed by atoms with E-state index in [9.17, 15) is 9.90 Å². The van der Waals surface area contributed by atoms with Crippen LogP contribution in [-0.2, 0) is 6.42 Å². The van der Waals surface area contributed by atoms with Gasteiger partial charge in [-0.25, -0.2) is 0 Å². The molecular weight excluding hydrogens is 348 g/mol. The first-order chi connectivity index (χ1) is 13.5. The smallest absolute Gasteiger partial charge is 0.196 e. The molecule has 1 aliphatic carbocycles. The van der Waals surface area contributed by atoms with E-state index < -0.39 is 0 Å². The van der Waals surface area contributed by atoms with Crippen LogP contribution in [0, 0.1) is 13.8 Å². The quantitative estimate of drug-likeness (QED) is 0.551. The van der Waals surface area contributed by atoms with Gasteiger partial charge in [0.05, 0.1) is 11.8 Å². The maximum Gasteiger partial charge on any atom is 0.196 e. The lowest BCUT2D eigenvalue weighted by Gasteiger charge is -2.13. The molecule has 3 heteroatoms. The van der Waals surface area contributed by atoms with Crippen molar-refractivity contribution in [2.45, 2.75) is 51.9 Å². The van der Waals surface area contributed by atoms with Gasteiger partial charge in [0.2, 0.25) is 0 Å². The number of rotatable bonds is 5. The average molecular weight is 374 g/mol. The number of hydrogen-bond donors (Lipinski definition) is 1. The van der Waals surface area contributed by atoms with E-state index in [0.717, 1.165) is 24.0 Å². The second-order valence-electron chi connectivity index (χ2n) is 7.94. The highest BCUT2D eigenvalue weighted by Gasteiger charge is 2.23. The number of hydrogen-bond acceptors (Lipinski definition) is 3. The van der Waals surface area contributed by atoms with Crippen molar-refractivity contribution in [2.75, 3.05) is 0 Å². The minimum atomic E-state index is -0.0492. The molecule has 2 aromatic carbocycles. The van der Waals surface area contributed by atoms with Crippen molar-refractivity contribution in [3.63, 3.8) is 0 Å². The Morgan fingerprint density at radius 1 is 1.04 bits per heavy atom. The number of carbonyl (C=O) groups excluding carboxylic acids is 1. The summed E-state index contributed by atoms with van der Waals surface area (Å²) in [5.41, 5.74) is 5.73. The number of carbonyl (C=O) groups is 1. The van der Waals surface area contributed by atoms with Gasteiger partial charge in [0.15, 0.2) is 5.78 Å². The van der Waals surface area contributed by atoms with Crippen molar-refractivity contribution in [3.05, 3.63) is 87.9 Å². The summed E-state index contributed by atoms with van der Waals surface area (Å²) < 4.78 is 5.66. The van der Waals surface area contributed by atoms with E-state index in [0.29, 0.717) is 35.0 Å². The number of aromatic hydroxyl groups is 1. The van der Waals surface area contributed by atoms with Gasteiger partial charge >= 0.3 is 0 Å². The zero-order chi connectivity index (χ0) is 19.7. The van der Waals surface area contributed by atoms with Crippen LogP contribution < -0.4 is 0 Å². The van der Waals surface area contributed by atoms with Gasteiger partial charge in [0.25, 0.3) is 0 Å². The summed E-state index contributed by atoms with van der Waals surface area (Å²) in [4.78, 5) is 13.2. The topological polar surface area (TPSA) is 50.4 Å². The summed E-state index contributed by atoms with van der Waals surface area (Å²) in [7, 11) is 0. The monoisotopic (exact) mass is 374 g/mol. The van der Waals surface area contributed by atoms with Crippen LogP contribution in [-0.4, -0.2) is 10.9 Å². The molecule has 3 nitrogen and oxygen atoms in total. The summed E-state index contributed by atoms with van der Waals surface area (Å²) in [6, 6.07) is 13.3. The predicted octanol–water partition coefficient (Wildman–Crippen LogP) is 6.08.